The van der Waals surface area contributed by atoms with Crippen molar-refractivity contribution in [2.75, 3.05) is 18.2 Å². The number of halogens is 2. The van der Waals surface area contributed by atoms with Crippen molar-refractivity contribution in [3.8, 4) is 5.75 Å². The van der Waals surface area contributed by atoms with Gasteiger partial charge in [-0.1, -0.05) is 23.4 Å². The van der Waals surface area contributed by atoms with Crippen LogP contribution in [-0.4, -0.2) is 28.7 Å². The number of rotatable bonds is 5. The molecule has 3 aromatic rings. The molecule has 5 nitrogen and oxygen atoms in total. The Kier molecular flexibility index (Phi) is 4.92. The van der Waals surface area contributed by atoms with Crippen LogP contribution in [0.25, 0.3) is 11.0 Å². The average molecular weight is 366 g/mol. The first-order valence-electron chi connectivity index (χ1n) is 6.96. The standard InChI is InChI=1S/C16H13ClFN3O2S/c1-23-10-3-5-12-14(7-10)21-16(20-12)24-8-15(22)19-13-6-9(17)2-4-11(13)18/h2-7H,8H2,1H3,(H,19,22)(H,20,21). The van der Waals surface area contributed by atoms with Crippen LogP contribution < -0.4 is 10.1 Å². The molecule has 0 saturated heterocycles. The molecule has 0 aliphatic heterocycles. The second-order valence-electron chi connectivity index (χ2n) is 4.89. The van der Waals surface area contributed by atoms with Gasteiger partial charge in [-0.05, 0) is 30.3 Å². The number of hydrogen-bond donors (Lipinski definition) is 2. The highest BCUT2D eigenvalue weighted by Gasteiger charge is 2.10. The second kappa shape index (κ2) is 7.11. The Hall–Kier alpha value is -2.25. The van der Waals surface area contributed by atoms with Crippen LogP contribution >= 0.6 is 23.4 Å². The number of aromatic amines is 1. The van der Waals surface area contributed by atoms with Crippen molar-refractivity contribution in [1.29, 1.82) is 0 Å². The van der Waals surface area contributed by atoms with Crippen molar-refractivity contribution in [2.45, 2.75) is 5.16 Å². The zero-order valence-corrected chi connectivity index (χ0v) is 14.2. The highest BCUT2D eigenvalue weighted by molar-refractivity contribution is 7.99. The first kappa shape index (κ1) is 16.6. The summed E-state index contributed by atoms with van der Waals surface area (Å²) in [6.45, 7) is 0. The van der Waals surface area contributed by atoms with Crippen LogP contribution in [-0.2, 0) is 4.79 Å². The summed E-state index contributed by atoms with van der Waals surface area (Å²) in [4.78, 5) is 19.4. The van der Waals surface area contributed by atoms with Gasteiger partial charge in [-0.3, -0.25) is 4.79 Å². The predicted molar refractivity (Wildman–Crippen MR) is 93.4 cm³/mol. The topological polar surface area (TPSA) is 67.0 Å². The molecule has 124 valence electrons. The van der Waals surface area contributed by atoms with Crippen LogP contribution in [0.2, 0.25) is 5.02 Å². The number of carbonyl (C=O) groups is 1. The number of imidazole rings is 1. The maximum atomic E-state index is 13.6. The fraction of sp³-hybridized carbons (Fsp3) is 0.125. The predicted octanol–water partition coefficient (Wildman–Crippen LogP) is 4.09. The first-order valence-corrected chi connectivity index (χ1v) is 8.33. The summed E-state index contributed by atoms with van der Waals surface area (Å²) in [6.07, 6.45) is 0. The van der Waals surface area contributed by atoms with Gasteiger partial charge in [0, 0.05) is 11.1 Å². The van der Waals surface area contributed by atoms with Gasteiger partial charge < -0.3 is 15.0 Å². The van der Waals surface area contributed by atoms with E-state index in [2.05, 4.69) is 15.3 Å². The lowest BCUT2D eigenvalue weighted by atomic mass is 10.3. The number of carbonyl (C=O) groups excluding carboxylic acids is 1. The van der Waals surface area contributed by atoms with E-state index >= 15 is 0 Å². The van der Waals surface area contributed by atoms with Gasteiger partial charge in [-0.15, -0.1) is 0 Å². The van der Waals surface area contributed by atoms with E-state index < -0.39 is 5.82 Å². The summed E-state index contributed by atoms with van der Waals surface area (Å²) in [5.74, 6) is -0.0761. The monoisotopic (exact) mass is 365 g/mol. The molecule has 8 heteroatoms. The van der Waals surface area contributed by atoms with Crippen molar-refractivity contribution >= 4 is 46.0 Å². The quantitative estimate of drug-likeness (QED) is 0.668. The number of thioether (sulfide) groups is 1. The van der Waals surface area contributed by atoms with Gasteiger partial charge in [0.2, 0.25) is 5.91 Å². The maximum absolute atomic E-state index is 13.6. The number of ether oxygens (including phenoxy) is 1. The number of methoxy groups -OCH3 is 1. The molecule has 0 bridgehead atoms. The molecule has 2 N–H and O–H groups in total. The molecule has 0 unspecified atom stereocenters. The summed E-state index contributed by atoms with van der Waals surface area (Å²) in [5, 5.41) is 3.44. The fourth-order valence-electron chi connectivity index (χ4n) is 2.07. The van der Waals surface area contributed by atoms with E-state index in [1.165, 1.54) is 30.0 Å². The summed E-state index contributed by atoms with van der Waals surface area (Å²) in [7, 11) is 1.59. The number of nitrogens with zero attached hydrogens (tertiary/aromatic N) is 1. The maximum Gasteiger partial charge on any atom is 0.234 e. The van der Waals surface area contributed by atoms with E-state index in [0.717, 1.165) is 16.8 Å². The molecule has 24 heavy (non-hydrogen) atoms. The van der Waals surface area contributed by atoms with Crippen molar-refractivity contribution in [2.24, 2.45) is 0 Å². The van der Waals surface area contributed by atoms with Gasteiger partial charge in [-0.25, -0.2) is 9.37 Å². The average Bonchev–Trinajstić information content (AvgIpc) is 2.98. The Morgan fingerprint density at radius 3 is 3.00 bits per heavy atom. The van der Waals surface area contributed by atoms with E-state index in [-0.39, 0.29) is 17.3 Å². The van der Waals surface area contributed by atoms with Gasteiger partial charge in [0.25, 0.3) is 0 Å². The SMILES string of the molecule is COc1ccc2nc(SCC(=O)Nc3cc(Cl)ccc3F)[nH]c2c1. The van der Waals surface area contributed by atoms with Crippen LogP contribution in [0.5, 0.6) is 5.75 Å². The van der Waals surface area contributed by atoms with E-state index in [9.17, 15) is 9.18 Å². The van der Waals surface area contributed by atoms with Crippen LogP contribution in [0.3, 0.4) is 0 Å². The van der Waals surface area contributed by atoms with Gasteiger partial charge >= 0.3 is 0 Å². The molecule has 0 aliphatic rings. The molecule has 0 fully saturated rings. The molecule has 1 aromatic heterocycles. The molecule has 0 spiro atoms. The molecular formula is C16H13ClFN3O2S. The Morgan fingerprint density at radius 1 is 1.38 bits per heavy atom. The molecule has 0 aliphatic carbocycles. The molecule has 1 amide bonds. The Labute approximate surface area is 146 Å². The highest BCUT2D eigenvalue weighted by atomic mass is 35.5. The molecule has 0 radical (unpaired) electrons. The number of fused-ring (bicyclic) bond motifs is 1. The number of benzene rings is 2. The molecule has 0 atom stereocenters. The summed E-state index contributed by atoms with van der Waals surface area (Å²) in [6, 6.07) is 9.46. The van der Waals surface area contributed by atoms with Crippen LogP contribution in [0, 0.1) is 5.82 Å². The van der Waals surface area contributed by atoms with Gasteiger partial charge in [0.1, 0.15) is 11.6 Å². The van der Waals surface area contributed by atoms with Gasteiger partial charge in [-0.2, -0.15) is 0 Å². The zero-order valence-electron chi connectivity index (χ0n) is 12.6. The lowest BCUT2D eigenvalue weighted by molar-refractivity contribution is -0.113. The highest BCUT2D eigenvalue weighted by Crippen LogP contribution is 2.24. The lowest BCUT2D eigenvalue weighted by Crippen LogP contribution is -2.15. The second-order valence-corrected chi connectivity index (χ2v) is 6.29. The Bertz CT molecular complexity index is 900. The number of aromatic nitrogens is 2. The number of hydrogen-bond acceptors (Lipinski definition) is 4. The zero-order chi connectivity index (χ0) is 17.1. The third kappa shape index (κ3) is 3.80. The molecule has 0 saturated carbocycles. The first-order chi connectivity index (χ1) is 11.5. The minimum atomic E-state index is -0.534. The van der Waals surface area contributed by atoms with E-state index in [1.807, 2.05) is 18.2 Å². The van der Waals surface area contributed by atoms with Gasteiger partial charge in [0.05, 0.1) is 29.6 Å². The van der Waals surface area contributed by atoms with Crippen molar-refractivity contribution < 1.29 is 13.9 Å². The largest absolute Gasteiger partial charge is 0.497 e. The number of H-pyrrole nitrogens is 1. The number of nitrogens with one attached hydrogen (secondary N) is 2. The van der Waals surface area contributed by atoms with Crippen molar-refractivity contribution in [1.82, 2.24) is 9.97 Å². The van der Waals surface area contributed by atoms with E-state index in [1.54, 1.807) is 7.11 Å². The molecule has 3 rings (SSSR count). The molecule has 1 heterocycles. The number of amides is 1. The molecular weight excluding hydrogens is 353 g/mol. The fourth-order valence-corrected chi connectivity index (χ4v) is 2.93. The van der Waals surface area contributed by atoms with Crippen LogP contribution in [0.1, 0.15) is 0 Å². The minimum Gasteiger partial charge on any atom is -0.497 e. The van der Waals surface area contributed by atoms with E-state index in [0.29, 0.717) is 10.2 Å². The Morgan fingerprint density at radius 2 is 2.21 bits per heavy atom. The summed E-state index contributed by atoms with van der Waals surface area (Å²) in [5.41, 5.74) is 1.65. The molecule has 2 aromatic carbocycles. The van der Waals surface area contributed by atoms with Crippen molar-refractivity contribution in [3.63, 3.8) is 0 Å². The normalized spacial score (nSPS) is 10.8. The summed E-state index contributed by atoms with van der Waals surface area (Å²) >= 11 is 7.02. The lowest BCUT2D eigenvalue weighted by Gasteiger charge is -2.06. The van der Waals surface area contributed by atoms with Crippen LogP contribution in [0.4, 0.5) is 10.1 Å². The van der Waals surface area contributed by atoms with E-state index in [4.69, 9.17) is 16.3 Å². The minimum absolute atomic E-state index is 0.0578. The smallest absolute Gasteiger partial charge is 0.234 e. The van der Waals surface area contributed by atoms with Crippen LogP contribution in [0.15, 0.2) is 41.6 Å². The third-order valence-corrected chi connectivity index (χ3v) is 4.32. The Balaban J connectivity index is 1.64. The van der Waals surface area contributed by atoms with Gasteiger partial charge in [0.15, 0.2) is 5.16 Å². The third-order valence-electron chi connectivity index (χ3n) is 3.21. The number of anilines is 1. The summed E-state index contributed by atoms with van der Waals surface area (Å²) < 4.78 is 18.7. The van der Waals surface area contributed by atoms with Crippen molar-refractivity contribution in [3.05, 3.63) is 47.2 Å².